The topological polar surface area (TPSA) is 69.0 Å². The third kappa shape index (κ3) is 5.53. The number of rotatable bonds is 8. The van der Waals surface area contributed by atoms with E-state index in [0.29, 0.717) is 21.7 Å². The van der Waals surface area contributed by atoms with Crippen molar-refractivity contribution in [3.63, 3.8) is 0 Å². The maximum atomic E-state index is 14.0. The number of hydrogen-bond donors (Lipinski definition) is 1. The fourth-order valence-corrected chi connectivity index (χ4v) is 4.09. The minimum absolute atomic E-state index is 0.00356. The maximum absolute atomic E-state index is 14.0. The molecule has 4 rings (SSSR count). The van der Waals surface area contributed by atoms with E-state index in [9.17, 15) is 9.18 Å². The van der Waals surface area contributed by atoms with E-state index in [1.807, 2.05) is 30.3 Å². The van der Waals surface area contributed by atoms with E-state index in [1.165, 1.54) is 17.8 Å². The number of amides is 1. The van der Waals surface area contributed by atoms with Gasteiger partial charge in [-0.25, -0.2) is 4.39 Å². The first kappa shape index (κ1) is 22.8. The molecule has 168 valence electrons. The molecule has 0 saturated carbocycles. The van der Waals surface area contributed by atoms with Crippen molar-refractivity contribution in [1.29, 1.82) is 0 Å². The molecule has 0 saturated heterocycles. The van der Waals surface area contributed by atoms with Gasteiger partial charge in [0.25, 0.3) is 0 Å². The van der Waals surface area contributed by atoms with Crippen molar-refractivity contribution in [2.24, 2.45) is 0 Å². The van der Waals surface area contributed by atoms with Crippen LogP contribution in [0.4, 0.5) is 10.1 Å². The predicted octanol–water partition coefficient (Wildman–Crippen LogP) is 5.76. The number of aromatic nitrogens is 3. The predicted molar refractivity (Wildman–Crippen MR) is 127 cm³/mol. The molecule has 0 aliphatic heterocycles. The first-order valence-electron chi connectivity index (χ1n) is 10.1. The summed E-state index contributed by atoms with van der Waals surface area (Å²) in [7, 11) is 0. The Kier molecular flexibility index (Phi) is 7.26. The number of anilines is 1. The Morgan fingerprint density at radius 1 is 1.06 bits per heavy atom. The summed E-state index contributed by atoms with van der Waals surface area (Å²) in [4.78, 5) is 12.8. The molecule has 0 radical (unpaired) electrons. The number of halogens is 2. The van der Waals surface area contributed by atoms with E-state index < -0.39 is 11.1 Å². The van der Waals surface area contributed by atoms with Crippen LogP contribution in [0.5, 0.6) is 5.75 Å². The monoisotopic (exact) mass is 482 g/mol. The largest absolute Gasteiger partial charge is 0.483 e. The molecular weight excluding hydrogens is 463 g/mol. The third-order valence-electron chi connectivity index (χ3n) is 4.69. The van der Waals surface area contributed by atoms with E-state index in [-0.39, 0.29) is 18.3 Å². The molecule has 1 atom stereocenters. The fraction of sp³-hybridized carbons (Fsp3) is 0.125. The molecule has 1 N–H and O–H groups in total. The van der Waals surface area contributed by atoms with Crippen LogP contribution in [0.2, 0.25) is 5.02 Å². The summed E-state index contributed by atoms with van der Waals surface area (Å²) in [5, 5.41) is 11.8. The van der Waals surface area contributed by atoms with E-state index in [0.717, 1.165) is 5.69 Å². The van der Waals surface area contributed by atoms with Gasteiger partial charge in [-0.1, -0.05) is 65.8 Å². The fourth-order valence-electron chi connectivity index (χ4n) is 3.02. The molecule has 0 bridgehead atoms. The van der Waals surface area contributed by atoms with Gasteiger partial charge in [0.1, 0.15) is 6.61 Å². The third-order valence-corrected chi connectivity index (χ3v) is 6.06. The molecule has 0 aliphatic carbocycles. The van der Waals surface area contributed by atoms with Gasteiger partial charge in [0.2, 0.25) is 5.91 Å². The molecule has 1 heterocycles. The Labute approximate surface area is 199 Å². The van der Waals surface area contributed by atoms with Crippen molar-refractivity contribution in [2.45, 2.75) is 23.9 Å². The number of para-hydroxylation sites is 3. The zero-order chi connectivity index (χ0) is 23.2. The summed E-state index contributed by atoms with van der Waals surface area (Å²) in [5.74, 6) is -0.0740. The van der Waals surface area contributed by atoms with Gasteiger partial charge in [-0.2, -0.15) is 0 Å². The summed E-state index contributed by atoms with van der Waals surface area (Å²) in [6, 6.07) is 22.7. The number of thioether (sulfide) groups is 1. The van der Waals surface area contributed by atoms with Crippen LogP contribution in [0.3, 0.4) is 0 Å². The Morgan fingerprint density at radius 2 is 1.76 bits per heavy atom. The van der Waals surface area contributed by atoms with E-state index in [1.54, 1.807) is 54.0 Å². The van der Waals surface area contributed by atoms with Crippen molar-refractivity contribution in [3.05, 3.63) is 95.5 Å². The van der Waals surface area contributed by atoms with Gasteiger partial charge >= 0.3 is 0 Å². The normalized spacial score (nSPS) is 11.7. The Hall–Kier alpha value is -3.36. The molecule has 1 unspecified atom stereocenters. The highest BCUT2D eigenvalue weighted by molar-refractivity contribution is 8.00. The lowest BCUT2D eigenvalue weighted by Gasteiger charge is -2.14. The highest BCUT2D eigenvalue weighted by Crippen LogP contribution is 2.28. The first-order chi connectivity index (χ1) is 16.0. The number of carbonyl (C=O) groups is 1. The standard InChI is InChI=1S/C24H20ClFN4O2S/c1-16(23(31)27-20-13-7-5-11-18(20)25)33-24-29-28-22(30(24)17-9-3-2-4-10-17)15-32-21-14-8-6-12-19(21)26/h2-14,16H,15H2,1H3,(H,27,31). The van der Waals surface area contributed by atoms with Crippen molar-refractivity contribution in [2.75, 3.05) is 5.32 Å². The average molecular weight is 483 g/mol. The van der Waals surface area contributed by atoms with Gasteiger partial charge in [-0.3, -0.25) is 9.36 Å². The van der Waals surface area contributed by atoms with Crippen LogP contribution in [0, 0.1) is 5.82 Å². The van der Waals surface area contributed by atoms with E-state index in [4.69, 9.17) is 16.3 Å². The van der Waals surface area contributed by atoms with E-state index in [2.05, 4.69) is 15.5 Å². The van der Waals surface area contributed by atoms with Crippen LogP contribution in [0.15, 0.2) is 84.0 Å². The van der Waals surface area contributed by atoms with Crippen molar-refractivity contribution < 1.29 is 13.9 Å². The van der Waals surface area contributed by atoms with Crippen molar-refractivity contribution in [3.8, 4) is 11.4 Å². The number of ether oxygens (including phenoxy) is 1. The zero-order valence-electron chi connectivity index (χ0n) is 17.6. The second kappa shape index (κ2) is 10.5. The van der Waals surface area contributed by atoms with Gasteiger partial charge in [-0.15, -0.1) is 10.2 Å². The lowest BCUT2D eigenvalue weighted by atomic mass is 10.3. The first-order valence-corrected chi connectivity index (χ1v) is 11.4. The van der Waals surface area contributed by atoms with Crippen LogP contribution >= 0.6 is 23.4 Å². The molecule has 33 heavy (non-hydrogen) atoms. The summed E-state index contributed by atoms with van der Waals surface area (Å²) in [5.41, 5.74) is 1.34. The Morgan fingerprint density at radius 3 is 2.52 bits per heavy atom. The summed E-state index contributed by atoms with van der Waals surface area (Å²) in [6.07, 6.45) is 0. The van der Waals surface area contributed by atoms with E-state index >= 15 is 0 Å². The van der Waals surface area contributed by atoms with Gasteiger partial charge in [0.15, 0.2) is 22.5 Å². The van der Waals surface area contributed by atoms with Crippen LogP contribution in [-0.4, -0.2) is 25.9 Å². The molecule has 1 aromatic heterocycles. The lowest BCUT2D eigenvalue weighted by molar-refractivity contribution is -0.115. The number of nitrogens with one attached hydrogen (secondary N) is 1. The maximum Gasteiger partial charge on any atom is 0.237 e. The number of nitrogens with zero attached hydrogens (tertiary/aromatic N) is 3. The van der Waals surface area contributed by atoms with Gasteiger partial charge in [-0.05, 0) is 43.3 Å². The molecule has 0 aliphatic rings. The molecule has 0 fully saturated rings. The Balaban J connectivity index is 1.55. The smallest absolute Gasteiger partial charge is 0.237 e. The van der Waals surface area contributed by atoms with Gasteiger partial charge < -0.3 is 10.1 Å². The highest BCUT2D eigenvalue weighted by atomic mass is 35.5. The molecular formula is C24H20ClFN4O2S. The summed E-state index contributed by atoms with van der Waals surface area (Å²) in [6.45, 7) is 1.78. The highest BCUT2D eigenvalue weighted by Gasteiger charge is 2.22. The molecule has 1 amide bonds. The minimum Gasteiger partial charge on any atom is -0.483 e. The van der Waals surface area contributed by atoms with Crippen LogP contribution in [-0.2, 0) is 11.4 Å². The summed E-state index contributed by atoms with van der Waals surface area (Å²) >= 11 is 7.40. The molecule has 6 nitrogen and oxygen atoms in total. The second-order valence-corrected chi connectivity index (χ2v) is 8.73. The quantitative estimate of drug-likeness (QED) is 0.323. The van der Waals surface area contributed by atoms with Gasteiger partial charge in [0.05, 0.1) is 16.0 Å². The van der Waals surface area contributed by atoms with Gasteiger partial charge in [0, 0.05) is 5.69 Å². The lowest BCUT2D eigenvalue weighted by Crippen LogP contribution is -2.23. The SMILES string of the molecule is CC(Sc1nnc(COc2ccccc2F)n1-c1ccccc1)C(=O)Nc1ccccc1Cl. The van der Waals surface area contributed by atoms with Crippen LogP contribution in [0.1, 0.15) is 12.7 Å². The van der Waals surface area contributed by atoms with Crippen molar-refractivity contribution >= 4 is 35.0 Å². The Bertz CT molecular complexity index is 1250. The summed E-state index contributed by atoms with van der Waals surface area (Å²) < 4.78 is 21.4. The average Bonchev–Trinajstić information content (AvgIpc) is 3.22. The number of carbonyl (C=O) groups excluding carboxylic acids is 1. The van der Waals surface area contributed by atoms with Crippen LogP contribution < -0.4 is 10.1 Å². The van der Waals surface area contributed by atoms with Crippen LogP contribution in [0.25, 0.3) is 5.69 Å². The number of benzene rings is 3. The zero-order valence-corrected chi connectivity index (χ0v) is 19.2. The minimum atomic E-state index is -0.492. The molecule has 3 aromatic carbocycles. The molecule has 9 heteroatoms. The second-order valence-electron chi connectivity index (χ2n) is 7.02. The number of hydrogen-bond acceptors (Lipinski definition) is 5. The molecule has 4 aromatic rings. The molecule has 0 spiro atoms. The van der Waals surface area contributed by atoms with Crippen molar-refractivity contribution in [1.82, 2.24) is 14.8 Å².